The number of H-pyrrole nitrogens is 1. The molecule has 2 heterocycles. The van der Waals surface area contributed by atoms with Crippen molar-refractivity contribution in [1.82, 2.24) is 20.4 Å². The van der Waals surface area contributed by atoms with Crippen LogP contribution >= 0.6 is 0 Å². The van der Waals surface area contributed by atoms with Gasteiger partial charge in [-0.3, -0.25) is 5.10 Å². The molecule has 0 aliphatic heterocycles. The molecule has 0 unspecified atom stereocenters. The summed E-state index contributed by atoms with van der Waals surface area (Å²) in [7, 11) is 0. The topological polar surface area (TPSA) is 63.7 Å². The second-order valence-corrected chi connectivity index (χ2v) is 3.44. The molecule has 1 aromatic carbocycles. The van der Waals surface area contributed by atoms with Crippen molar-refractivity contribution in [2.24, 2.45) is 0 Å². The quantitative estimate of drug-likeness (QED) is 0.749. The normalized spacial score (nSPS) is 9.61. The number of aromatic nitrogens is 4. The number of hydrogen-bond donors (Lipinski definition) is 1. The van der Waals surface area contributed by atoms with Gasteiger partial charge in [-0.2, -0.15) is 0 Å². The number of rotatable bonds is 2. The van der Waals surface area contributed by atoms with Gasteiger partial charge >= 0.3 is 0 Å². The fraction of sp³-hybridized carbons (Fsp3) is 0.154. The number of aromatic amines is 1. The first-order valence-corrected chi connectivity index (χ1v) is 5.69. The third-order valence-electron chi connectivity index (χ3n) is 2.20. The average molecular weight is 242 g/mol. The van der Waals surface area contributed by atoms with Gasteiger partial charge in [0.25, 0.3) is 0 Å². The second-order valence-electron chi connectivity index (χ2n) is 3.44. The largest absolute Gasteiger partial charge is 0.478 e. The van der Waals surface area contributed by atoms with E-state index in [1.54, 1.807) is 12.4 Å². The van der Waals surface area contributed by atoms with Gasteiger partial charge in [0, 0.05) is 17.6 Å². The minimum Gasteiger partial charge on any atom is -0.478 e. The van der Waals surface area contributed by atoms with Crippen LogP contribution in [-0.2, 0) is 0 Å². The van der Waals surface area contributed by atoms with Crippen LogP contribution in [0.3, 0.4) is 0 Å². The average Bonchev–Trinajstić information content (AvgIpc) is 2.98. The van der Waals surface area contributed by atoms with Crippen molar-refractivity contribution in [2.45, 2.75) is 6.92 Å². The molecule has 1 N–H and O–H groups in total. The van der Waals surface area contributed by atoms with E-state index in [0.717, 1.165) is 10.9 Å². The van der Waals surface area contributed by atoms with Gasteiger partial charge in [-0.05, 0) is 19.1 Å². The molecule has 0 aliphatic rings. The van der Waals surface area contributed by atoms with Gasteiger partial charge in [0.1, 0.15) is 0 Å². The lowest BCUT2D eigenvalue weighted by Gasteiger charge is -2.02. The van der Waals surface area contributed by atoms with E-state index in [1.807, 2.05) is 43.3 Å². The predicted octanol–water partition coefficient (Wildman–Crippen LogP) is 2.44. The van der Waals surface area contributed by atoms with E-state index in [4.69, 9.17) is 4.74 Å². The summed E-state index contributed by atoms with van der Waals surface area (Å²) in [6.07, 6.45) is 3.24. The Bertz CT molecular complexity index is 563. The molecule has 0 spiro atoms. The lowest BCUT2D eigenvalue weighted by Crippen LogP contribution is -1.93. The van der Waals surface area contributed by atoms with E-state index in [9.17, 15) is 0 Å². The Morgan fingerprint density at radius 2 is 2.06 bits per heavy atom. The van der Waals surface area contributed by atoms with Crippen LogP contribution in [-0.4, -0.2) is 27.0 Å². The number of ether oxygens (including phenoxy) is 1. The number of fused-ring (bicyclic) bond motifs is 1. The fourth-order valence-corrected chi connectivity index (χ4v) is 1.44. The zero-order chi connectivity index (χ0) is 12.6. The highest BCUT2D eigenvalue weighted by atomic mass is 16.5. The summed E-state index contributed by atoms with van der Waals surface area (Å²) >= 11 is 0. The molecular formula is C13H14N4O. The summed E-state index contributed by atoms with van der Waals surface area (Å²) in [5.41, 5.74) is 0.980. The van der Waals surface area contributed by atoms with Gasteiger partial charge in [-0.15, -0.1) is 5.10 Å². The first kappa shape index (κ1) is 12.0. The van der Waals surface area contributed by atoms with E-state index < -0.39 is 0 Å². The van der Waals surface area contributed by atoms with Gasteiger partial charge in [0.2, 0.25) is 5.88 Å². The Hall–Kier alpha value is -2.43. The maximum atomic E-state index is 5.30. The van der Waals surface area contributed by atoms with Crippen LogP contribution < -0.4 is 4.74 Å². The van der Waals surface area contributed by atoms with E-state index in [1.165, 1.54) is 0 Å². The SMILES string of the molecule is CCOc1ccc2ccccc2n1.c1c[nH]nn1. The van der Waals surface area contributed by atoms with E-state index >= 15 is 0 Å². The van der Waals surface area contributed by atoms with Crippen molar-refractivity contribution >= 4 is 10.9 Å². The monoisotopic (exact) mass is 242 g/mol. The molecule has 0 amide bonds. The molecule has 0 saturated heterocycles. The van der Waals surface area contributed by atoms with Crippen molar-refractivity contribution in [3.63, 3.8) is 0 Å². The van der Waals surface area contributed by atoms with Crippen LogP contribution in [0.15, 0.2) is 48.8 Å². The van der Waals surface area contributed by atoms with Crippen molar-refractivity contribution in [1.29, 1.82) is 0 Å². The smallest absolute Gasteiger partial charge is 0.213 e. The Kier molecular flexibility index (Phi) is 4.24. The molecule has 0 aliphatic carbocycles. The highest BCUT2D eigenvalue weighted by Crippen LogP contribution is 2.15. The van der Waals surface area contributed by atoms with Crippen LogP contribution in [0.25, 0.3) is 10.9 Å². The van der Waals surface area contributed by atoms with Crippen LogP contribution in [0, 0.1) is 0 Å². The summed E-state index contributed by atoms with van der Waals surface area (Å²) < 4.78 is 5.30. The van der Waals surface area contributed by atoms with Crippen molar-refractivity contribution in [3.05, 3.63) is 48.8 Å². The molecule has 0 bridgehead atoms. The Morgan fingerprint density at radius 3 is 2.72 bits per heavy atom. The summed E-state index contributed by atoms with van der Waals surface area (Å²) in [5, 5.41) is 10.4. The van der Waals surface area contributed by atoms with Crippen LogP contribution in [0.5, 0.6) is 5.88 Å². The van der Waals surface area contributed by atoms with Gasteiger partial charge in [-0.1, -0.05) is 23.4 Å². The van der Waals surface area contributed by atoms with Crippen molar-refractivity contribution in [3.8, 4) is 5.88 Å². The van der Waals surface area contributed by atoms with Crippen LogP contribution in [0.1, 0.15) is 6.92 Å². The summed E-state index contributed by atoms with van der Waals surface area (Å²) in [4.78, 5) is 4.34. The second kappa shape index (κ2) is 6.34. The van der Waals surface area contributed by atoms with Gasteiger partial charge in [0.05, 0.1) is 18.3 Å². The van der Waals surface area contributed by atoms with Gasteiger partial charge in [0.15, 0.2) is 0 Å². The third kappa shape index (κ3) is 3.28. The molecule has 92 valence electrons. The van der Waals surface area contributed by atoms with Crippen LogP contribution in [0.4, 0.5) is 0 Å². The molecule has 0 radical (unpaired) electrons. The maximum absolute atomic E-state index is 5.30. The number of benzene rings is 1. The minimum absolute atomic E-state index is 0.658. The number of nitrogens with one attached hydrogen (secondary N) is 1. The van der Waals surface area contributed by atoms with Gasteiger partial charge in [-0.25, -0.2) is 4.98 Å². The lowest BCUT2D eigenvalue weighted by molar-refractivity contribution is 0.328. The highest BCUT2D eigenvalue weighted by Gasteiger charge is 1.96. The molecule has 18 heavy (non-hydrogen) atoms. The molecule has 3 aromatic rings. The standard InChI is InChI=1S/C11H11NO.C2H3N3/c1-2-13-11-8-7-9-5-3-4-6-10(9)12-11;1-2-4-5-3-1/h3-8H,2H2,1H3;1-2H,(H,3,4,5). The Morgan fingerprint density at radius 1 is 1.17 bits per heavy atom. The molecule has 0 atom stereocenters. The number of nitrogens with zero attached hydrogens (tertiary/aromatic N) is 3. The minimum atomic E-state index is 0.658. The number of pyridine rings is 1. The first-order valence-electron chi connectivity index (χ1n) is 5.69. The summed E-state index contributed by atoms with van der Waals surface area (Å²) in [6.45, 7) is 2.61. The molecule has 5 heteroatoms. The summed E-state index contributed by atoms with van der Waals surface area (Å²) in [5.74, 6) is 0.696. The molecule has 0 fully saturated rings. The van der Waals surface area contributed by atoms with Gasteiger partial charge < -0.3 is 4.74 Å². The van der Waals surface area contributed by atoms with E-state index in [-0.39, 0.29) is 0 Å². The third-order valence-corrected chi connectivity index (χ3v) is 2.20. The fourth-order valence-electron chi connectivity index (χ4n) is 1.44. The molecule has 0 saturated carbocycles. The molecule has 5 nitrogen and oxygen atoms in total. The Balaban J connectivity index is 0.000000202. The van der Waals surface area contributed by atoms with Crippen molar-refractivity contribution in [2.75, 3.05) is 6.61 Å². The molecule has 3 rings (SSSR count). The van der Waals surface area contributed by atoms with E-state index in [2.05, 4.69) is 20.4 Å². The highest BCUT2D eigenvalue weighted by molar-refractivity contribution is 5.78. The zero-order valence-electron chi connectivity index (χ0n) is 10.1. The molecular weight excluding hydrogens is 228 g/mol. The Labute approximate surface area is 105 Å². The van der Waals surface area contributed by atoms with E-state index in [0.29, 0.717) is 12.5 Å². The van der Waals surface area contributed by atoms with Crippen molar-refractivity contribution < 1.29 is 4.74 Å². The number of para-hydroxylation sites is 1. The maximum Gasteiger partial charge on any atom is 0.213 e. The zero-order valence-corrected chi connectivity index (χ0v) is 10.1. The summed E-state index contributed by atoms with van der Waals surface area (Å²) in [6, 6.07) is 11.9. The predicted molar refractivity (Wildman–Crippen MR) is 69.3 cm³/mol. The molecule has 2 aromatic heterocycles. The lowest BCUT2D eigenvalue weighted by atomic mass is 10.2. The number of hydrogen-bond acceptors (Lipinski definition) is 4. The first-order chi connectivity index (χ1) is 8.90. The van der Waals surface area contributed by atoms with Crippen LogP contribution in [0.2, 0.25) is 0 Å².